The van der Waals surface area contributed by atoms with E-state index >= 15 is 0 Å². The number of hydrogen-bond acceptors (Lipinski definition) is 2. The molecule has 0 aromatic heterocycles. The lowest BCUT2D eigenvalue weighted by Crippen LogP contribution is -2.58. The van der Waals surface area contributed by atoms with Crippen molar-refractivity contribution in [2.75, 3.05) is 0 Å². The highest BCUT2D eigenvalue weighted by Crippen LogP contribution is 2.62. The van der Waals surface area contributed by atoms with Crippen LogP contribution >= 0.6 is 0 Å². The van der Waals surface area contributed by atoms with Crippen molar-refractivity contribution in [3.8, 4) is 0 Å². The molecule has 0 amide bonds. The fourth-order valence-corrected chi connectivity index (χ4v) is 4.34. The molecule has 96 valence electrons. The molecule has 4 atom stereocenters. The van der Waals surface area contributed by atoms with Gasteiger partial charge in [-0.1, -0.05) is 32.9 Å². The van der Waals surface area contributed by atoms with Crippen molar-refractivity contribution >= 4 is 11.6 Å². The molecular weight excluding hydrogens is 224 g/mol. The zero-order valence-electron chi connectivity index (χ0n) is 11.3. The fourth-order valence-electron chi connectivity index (χ4n) is 4.34. The van der Waals surface area contributed by atoms with Crippen molar-refractivity contribution in [3.05, 3.63) is 24.3 Å². The molecule has 1 fully saturated rings. The van der Waals surface area contributed by atoms with E-state index < -0.39 is 0 Å². The average molecular weight is 244 g/mol. The van der Waals surface area contributed by atoms with Crippen LogP contribution in [0.4, 0.5) is 0 Å². The average Bonchev–Trinajstić information content (AvgIpc) is 2.34. The quantitative estimate of drug-likeness (QED) is 0.665. The molecule has 1 saturated carbocycles. The van der Waals surface area contributed by atoms with Gasteiger partial charge in [0, 0.05) is 17.3 Å². The molecule has 2 bridgehead atoms. The van der Waals surface area contributed by atoms with Gasteiger partial charge in [0.25, 0.3) is 0 Å². The highest BCUT2D eigenvalue weighted by atomic mass is 16.1. The number of carbonyl (C=O) groups is 2. The van der Waals surface area contributed by atoms with Gasteiger partial charge in [0.1, 0.15) is 0 Å². The van der Waals surface area contributed by atoms with E-state index in [0.29, 0.717) is 5.92 Å². The standard InChI is InChI=1S/C16H20O2/c1-10(2)16-8-6-15(3,7-9-16)13-11(17)4-5-12(18)14(13)16/h4-6,8,10,13-14H,7,9H2,1-3H3/t13-,14+,15+,16-/m1/s1. The zero-order chi connectivity index (χ0) is 13.1. The van der Waals surface area contributed by atoms with Crippen molar-refractivity contribution in [2.45, 2.75) is 33.6 Å². The normalized spacial score (nSPS) is 45.8. The summed E-state index contributed by atoms with van der Waals surface area (Å²) in [6.45, 7) is 6.48. The molecule has 2 heteroatoms. The number of hydrogen-bond donors (Lipinski definition) is 0. The summed E-state index contributed by atoms with van der Waals surface area (Å²) in [6, 6.07) is 0. The third kappa shape index (κ3) is 1.24. The lowest BCUT2D eigenvalue weighted by Gasteiger charge is -2.58. The number of fused-ring (bicyclic) bond motifs is 1. The van der Waals surface area contributed by atoms with E-state index in [0.717, 1.165) is 12.8 Å². The smallest absolute Gasteiger partial charge is 0.160 e. The summed E-state index contributed by atoms with van der Waals surface area (Å²) in [5, 5.41) is 0. The van der Waals surface area contributed by atoms with E-state index in [1.807, 2.05) is 0 Å². The van der Waals surface area contributed by atoms with Crippen molar-refractivity contribution < 1.29 is 9.59 Å². The second-order valence-electron chi connectivity index (χ2n) is 6.70. The Morgan fingerprint density at radius 1 is 1.06 bits per heavy atom. The van der Waals surface area contributed by atoms with Crippen LogP contribution in [0.2, 0.25) is 0 Å². The summed E-state index contributed by atoms with van der Waals surface area (Å²) >= 11 is 0. The molecule has 0 saturated heterocycles. The van der Waals surface area contributed by atoms with Gasteiger partial charge < -0.3 is 0 Å². The van der Waals surface area contributed by atoms with E-state index in [4.69, 9.17) is 0 Å². The highest BCUT2D eigenvalue weighted by Gasteiger charge is 2.61. The van der Waals surface area contributed by atoms with Crippen LogP contribution in [0.3, 0.4) is 0 Å². The summed E-state index contributed by atoms with van der Waals surface area (Å²) in [6.07, 6.45) is 9.51. The maximum Gasteiger partial charge on any atom is 0.160 e. The third-order valence-corrected chi connectivity index (χ3v) is 5.59. The van der Waals surface area contributed by atoms with Gasteiger partial charge in [-0.05, 0) is 36.3 Å². The van der Waals surface area contributed by atoms with Crippen LogP contribution in [-0.4, -0.2) is 11.6 Å². The van der Waals surface area contributed by atoms with E-state index in [2.05, 4.69) is 32.9 Å². The molecule has 0 unspecified atom stereocenters. The minimum Gasteiger partial charge on any atom is -0.294 e. The highest BCUT2D eigenvalue weighted by molar-refractivity contribution is 6.08. The van der Waals surface area contributed by atoms with Gasteiger partial charge in [0.2, 0.25) is 0 Å². The van der Waals surface area contributed by atoms with Crippen LogP contribution in [0.5, 0.6) is 0 Å². The van der Waals surface area contributed by atoms with Crippen molar-refractivity contribution in [1.82, 2.24) is 0 Å². The van der Waals surface area contributed by atoms with Gasteiger partial charge in [-0.15, -0.1) is 0 Å². The molecule has 0 aromatic rings. The molecule has 4 aliphatic carbocycles. The Kier molecular flexibility index (Phi) is 2.27. The maximum absolute atomic E-state index is 12.3. The van der Waals surface area contributed by atoms with E-state index in [9.17, 15) is 9.59 Å². The molecule has 0 radical (unpaired) electrons. The fraction of sp³-hybridized carbons (Fsp3) is 0.625. The largest absolute Gasteiger partial charge is 0.294 e. The van der Waals surface area contributed by atoms with Gasteiger partial charge in [-0.3, -0.25) is 9.59 Å². The second-order valence-corrected chi connectivity index (χ2v) is 6.70. The minimum atomic E-state index is -0.129. The van der Waals surface area contributed by atoms with Crippen LogP contribution < -0.4 is 0 Å². The molecule has 4 rings (SSSR count). The Hall–Kier alpha value is -1.18. The third-order valence-electron chi connectivity index (χ3n) is 5.59. The Bertz CT molecular complexity index is 485. The Balaban J connectivity index is 2.21. The van der Waals surface area contributed by atoms with Crippen molar-refractivity contribution in [3.63, 3.8) is 0 Å². The van der Waals surface area contributed by atoms with E-state index in [-0.39, 0.29) is 34.2 Å². The Labute approximate surface area is 108 Å². The van der Waals surface area contributed by atoms with Crippen LogP contribution in [0.25, 0.3) is 0 Å². The van der Waals surface area contributed by atoms with Gasteiger partial charge in [0.05, 0.1) is 0 Å². The molecule has 18 heavy (non-hydrogen) atoms. The molecule has 4 aliphatic rings. The van der Waals surface area contributed by atoms with Crippen LogP contribution in [-0.2, 0) is 9.59 Å². The number of carbonyl (C=O) groups excluding carboxylic acids is 2. The molecule has 0 aromatic carbocycles. The predicted octanol–water partition coefficient (Wildman–Crippen LogP) is 2.94. The Morgan fingerprint density at radius 3 is 2.17 bits per heavy atom. The first-order chi connectivity index (χ1) is 8.41. The van der Waals surface area contributed by atoms with Crippen molar-refractivity contribution in [1.29, 1.82) is 0 Å². The van der Waals surface area contributed by atoms with Gasteiger partial charge in [-0.25, -0.2) is 0 Å². The molecule has 0 heterocycles. The van der Waals surface area contributed by atoms with Crippen molar-refractivity contribution in [2.24, 2.45) is 28.6 Å². The SMILES string of the molecule is CC(C)[C@@]12C=C[C@@](C)(CC1)[C@@H]1C(=O)C=CC(=O)[C@@H]12. The number of ketones is 2. The zero-order valence-corrected chi connectivity index (χ0v) is 11.3. The second kappa shape index (κ2) is 3.43. The maximum atomic E-state index is 12.3. The summed E-state index contributed by atoms with van der Waals surface area (Å²) in [4.78, 5) is 24.6. The Morgan fingerprint density at radius 2 is 1.67 bits per heavy atom. The van der Waals surface area contributed by atoms with E-state index in [1.165, 1.54) is 12.2 Å². The van der Waals surface area contributed by atoms with Gasteiger partial charge in [0.15, 0.2) is 11.6 Å². The number of rotatable bonds is 1. The molecule has 0 aliphatic heterocycles. The molecular formula is C16H20O2. The minimum absolute atomic E-state index is 0.0973. The van der Waals surface area contributed by atoms with Crippen LogP contribution in [0.1, 0.15) is 33.6 Å². The van der Waals surface area contributed by atoms with Gasteiger partial charge in [-0.2, -0.15) is 0 Å². The topological polar surface area (TPSA) is 34.1 Å². The lowest BCUT2D eigenvalue weighted by atomic mass is 9.43. The molecule has 0 N–H and O–H groups in total. The monoisotopic (exact) mass is 244 g/mol. The number of allylic oxidation sites excluding steroid dienone is 4. The van der Waals surface area contributed by atoms with Gasteiger partial charge >= 0.3 is 0 Å². The molecule has 0 spiro atoms. The lowest BCUT2D eigenvalue weighted by molar-refractivity contribution is -0.146. The van der Waals surface area contributed by atoms with Crippen LogP contribution in [0.15, 0.2) is 24.3 Å². The first-order valence-electron chi connectivity index (χ1n) is 6.87. The van der Waals surface area contributed by atoms with Crippen LogP contribution in [0, 0.1) is 28.6 Å². The first kappa shape index (κ1) is 11.9. The summed E-state index contributed by atoms with van der Waals surface area (Å²) in [5.41, 5.74) is -0.210. The summed E-state index contributed by atoms with van der Waals surface area (Å²) in [7, 11) is 0. The predicted molar refractivity (Wildman–Crippen MR) is 69.9 cm³/mol. The molecule has 2 nitrogen and oxygen atoms in total. The summed E-state index contributed by atoms with van der Waals surface area (Å²) in [5.74, 6) is 0.448. The summed E-state index contributed by atoms with van der Waals surface area (Å²) < 4.78 is 0. The van der Waals surface area contributed by atoms with E-state index in [1.54, 1.807) is 0 Å². The first-order valence-corrected chi connectivity index (χ1v) is 6.87.